The van der Waals surface area contributed by atoms with Crippen LogP contribution in [0.3, 0.4) is 0 Å². The third-order valence-corrected chi connectivity index (χ3v) is 1.23. The summed E-state index contributed by atoms with van der Waals surface area (Å²) >= 11 is 0. The van der Waals surface area contributed by atoms with Crippen molar-refractivity contribution in [2.45, 2.75) is 6.18 Å². The molecule has 3 N–H and O–H groups in total. The van der Waals surface area contributed by atoms with Gasteiger partial charge in [0.1, 0.15) is 0 Å². The van der Waals surface area contributed by atoms with E-state index in [1.54, 1.807) is 5.43 Å². The van der Waals surface area contributed by atoms with Crippen LogP contribution in [0.15, 0.2) is 12.3 Å². The van der Waals surface area contributed by atoms with Crippen molar-refractivity contribution >= 4 is 6.09 Å². The number of alkyl halides is 3. The highest BCUT2D eigenvalue weighted by molar-refractivity contribution is 5.68. The highest BCUT2D eigenvalue weighted by Gasteiger charge is 2.33. The van der Waals surface area contributed by atoms with Crippen LogP contribution < -0.4 is 16.0 Å². The molecule has 0 saturated carbocycles. The summed E-state index contributed by atoms with van der Waals surface area (Å²) in [5.41, 5.74) is 0.338. The van der Waals surface area contributed by atoms with E-state index in [1.165, 1.54) is 0 Å². The minimum atomic E-state index is -4.62. The van der Waals surface area contributed by atoms with Gasteiger partial charge in [-0.2, -0.15) is 18.2 Å². The van der Waals surface area contributed by atoms with Gasteiger partial charge in [-0.1, -0.05) is 0 Å². The summed E-state index contributed by atoms with van der Waals surface area (Å²) in [5, 5.41) is 0. The molecule has 9 heteroatoms. The quantitative estimate of drug-likeness (QED) is 0.409. The van der Waals surface area contributed by atoms with Crippen LogP contribution in [0.4, 0.5) is 18.0 Å². The molecule has 0 aromatic carbocycles. The molecule has 82 valence electrons. The molecule has 0 spiro atoms. The molecule has 1 aromatic heterocycles. The van der Waals surface area contributed by atoms with Crippen molar-refractivity contribution in [1.29, 1.82) is 0 Å². The van der Waals surface area contributed by atoms with Crippen LogP contribution in [0.5, 0.6) is 6.01 Å². The smallest absolute Gasteiger partial charge is 0.373 e. The lowest BCUT2D eigenvalue weighted by Crippen LogP contribution is -2.33. The Morgan fingerprint density at radius 1 is 1.53 bits per heavy atom. The van der Waals surface area contributed by atoms with E-state index >= 15 is 0 Å². The first-order valence-electron chi connectivity index (χ1n) is 3.52. The zero-order valence-electron chi connectivity index (χ0n) is 7.08. The Morgan fingerprint density at radius 3 is 2.73 bits per heavy atom. The summed E-state index contributed by atoms with van der Waals surface area (Å²) in [6, 6.07) is -0.0829. The minimum Gasteiger partial charge on any atom is -0.373 e. The predicted molar refractivity (Wildman–Crippen MR) is 40.4 cm³/mol. The van der Waals surface area contributed by atoms with Crippen molar-refractivity contribution in [3.05, 3.63) is 18.0 Å². The Hall–Kier alpha value is -1.90. The number of amides is 1. The molecule has 0 fully saturated rings. The summed E-state index contributed by atoms with van der Waals surface area (Å²) in [4.78, 5) is 16.8. The summed E-state index contributed by atoms with van der Waals surface area (Å²) in [5.74, 6) is 4.64. The van der Waals surface area contributed by atoms with E-state index in [0.717, 1.165) is 6.20 Å². The number of hydrogen-bond acceptors (Lipinski definition) is 5. The third-order valence-electron chi connectivity index (χ3n) is 1.23. The molecule has 0 unspecified atom stereocenters. The van der Waals surface area contributed by atoms with E-state index in [2.05, 4.69) is 20.5 Å². The van der Waals surface area contributed by atoms with Gasteiger partial charge in [0.2, 0.25) is 0 Å². The number of carbonyl (C=O) groups excluding carboxylic acids is 1. The number of nitrogens with two attached hydrogens (primary N) is 1. The maximum Gasteiger partial charge on any atom is 0.433 e. The molecule has 15 heavy (non-hydrogen) atoms. The lowest BCUT2D eigenvalue weighted by molar-refractivity contribution is -0.141. The molecule has 0 aliphatic rings. The normalized spacial score (nSPS) is 10.9. The van der Waals surface area contributed by atoms with Crippen LogP contribution in [0.1, 0.15) is 5.69 Å². The van der Waals surface area contributed by atoms with Crippen LogP contribution in [-0.2, 0) is 6.18 Å². The van der Waals surface area contributed by atoms with Gasteiger partial charge >= 0.3 is 18.3 Å². The van der Waals surface area contributed by atoms with Gasteiger partial charge in [0.05, 0.1) is 0 Å². The molecule has 1 heterocycles. The fraction of sp³-hybridized carbons (Fsp3) is 0.167. The van der Waals surface area contributed by atoms with Crippen molar-refractivity contribution in [1.82, 2.24) is 15.4 Å². The molecular formula is C6H5F3N4O2. The van der Waals surface area contributed by atoms with E-state index in [9.17, 15) is 18.0 Å². The summed E-state index contributed by atoms with van der Waals surface area (Å²) in [6.45, 7) is 0. The number of hydrogen-bond donors (Lipinski definition) is 2. The SMILES string of the molecule is NNC(=O)Oc1nccc(C(F)(F)F)n1. The van der Waals surface area contributed by atoms with Crippen molar-refractivity contribution in [2.75, 3.05) is 0 Å². The topological polar surface area (TPSA) is 90.1 Å². The molecule has 0 atom stereocenters. The number of rotatable bonds is 1. The lowest BCUT2D eigenvalue weighted by atomic mass is 10.4. The second kappa shape index (κ2) is 4.09. The molecule has 1 aromatic rings. The highest BCUT2D eigenvalue weighted by atomic mass is 19.4. The van der Waals surface area contributed by atoms with Crippen LogP contribution in [-0.4, -0.2) is 16.1 Å². The Labute approximate surface area is 81.2 Å². The van der Waals surface area contributed by atoms with E-state index in [-0.39, 0.29) is 0 Å². The number of halogens is 3. The first-order chi connectivity index (χ1) is 6.93. The third kappa shape index (κ3) is 3.06. The van der Waals surface area contributed by atoms with Crippen molar-refractivity contribution in [3.8, 4) is 6.01 Å². The average Bonchev–Trinajstić information content (AvgIpc) is 2.17. The molecular weight excluding hydrogens is 217 g/mol. The van der Waals surface area contributed by atoms with E-state index in [4.69, 9.17) is 0 Å². The van der Waals surface area contributed by atoms with Crippen molar-refractivity contribution in [2.24, 2.45) is 5.84 Å². The number of carbonyl (C=O) groups is 1. The highest BCUT2D eigenvalue weighted by Crippen LogP contribution is 2.27. The van der Waals surface area contributed by atoms with Crippen molar-refractivity contribution in [3.63, 3.8) is 0 Å². The van der Waals surface area contributed by atoms with E-state index < -0.39 is 24.0 Å². The Bertz CT molecular complexity index is 368. The maximum absolute atomic E-state index is 12.1. The van der Waals surface area contributed by atoms with Gasteiger partial charge in [-0.25, -0.2) is 15.6 Å². The molecule has 0 aliphatic heterocycles. The number of ether oxygens (including phenoxy) is 1. The van der Waals surface area contributed by atoms with Gasteiger partial charge < -0.3 is 4.74 Å². The largest absolute Gasteiger partial charge is 0.433 e. The summed E-state index contributed by atoms with van der Waals surface area (Å²) in [6.07, 6.45) is -4.97. The zero-order valence-corrected chi connectivity index (χ0v) is 7.08. The number of aromatic nitrogens is 2. The van der Waals surface area contributed by atoms with Gasteiger partial charge in [0.25, 0.3) is 0 Å². The molecule has 6 nitrogen and oxygen atoms in total. The zero-order chi connectivity index (χ0) is 11.5. The number of nitrogens with zero attached hydrogens (tertiary/aromatic N) is 2. The molecule has 0 aliphatic carbocycles. The summed E-state index contributed by atoms with van der Waals surface area (Å²) < 4.78 is 40.6. The van der Waals surface area contributed by atoms with Crippen LogP contribution >= 0.6 is 0 Å². The van der Waals surface area contributed by atoms with Gasteiger partial charge in [-0.15, -0.1) is 0 Å². The maximum atomic E-state index is 12.1. The average molecular weight is 222 g/mol. The molecule has 0 radical (unpaired) electrons. The lowest BCUT2D eigenvalue weighted by Gasteiger charge is -2.06. The molecule has 1 rings (SSSR count). The minimum absolute atomic E-state index is 0.646. The Morgan fingerprint density at radius 2 is 2.20 bits per heavy atom. The fourth-order valence-corrected chi connectivity index (χ4v) is 0.660. The first-order valence-corrected chi connectivity index (χ1v) is 3.52. The standard InChI is InChI=1S/C6H5F3N4O2/c7-6(8,9)3-1-2-11-4(12-3)15-5(14)13-10/h1-2H,10H2,(H,13,14). The summed E-state index contributed by atoms with van der Waals surface area (Å²) in [7, 11) is 0. The van der Waals surface area contributed by atoms with E-state index in [1.807, 2.05) is 0 Å². The first kappa shape index (κ1) is 11.2. The monoisotopic (exact) mass is 222 g/mol. The fourth-order valence-electron chi connectivity index (χ4n) is 0.660. The molecule has 1 amide bonds. The molecule has 0 bridgehead atoms. The Balaban J connectivity index is 2.88. The second-order valence-electron chi connectivity index (χ2n) is 2.26. The predicted octanol–water partition coefficient (Wildman–Crippen LogP) is 0.457. The van der Waals surface area contributed by atoms with Crippen LogP contribution in [0.25, 0.3) is 0 Å². The van der Waals surface area contributed by atoms with Crippen LogP contribution in [0, 0.1) is 0 Å². The van der Waals surface area contributed by atoms with Gasteiger partial charge in [0, 0.05) is 6.20 Å². The van der Waals surface area contributed by atoms with E-state index in [0.29, 0.717) is 6.07 Å². The van der Waals surface area contributed by atoms with Crippen LogP contribution in [0.2, 0.25) is 0 Å². The Kier molecular flexibility index (Phi) is 3.04. The van der Waals surface area contributed by atoms with Crippen molar-refractivity contribution < 1.29 is 22.7 Å². The van der Waals surface area contributed by atoms with Gasteiger partial charge in [-0.05, 0) is 6.07 Å². The molecule has 0 saturated heterocycles. The second-order valence-corrected chi connectivity index (χ2v) is 2.26. The number of nitrogens with one attached hydrogen (secondary N) is 1. The number of hydrazine groups is 1. The van der Waals surface area contributed by atoms with Gasteiger partial charge in [0.15, 0.2) is 5.69 Å². The van der Waals surface area contributed by atoms with Gasteiger partial charge in [-0.3, -0.25) is 5.43 Å².